The maximum absolute atomic E-state index is 6.10. The monoisotopic (exact) mass is 257 g/mol. The summed E-state index contributed by atoms with van der Waals surface area (Å²) < 4.78 is 6.10. The molecule has 1 heterocycles. The summed E-state index contributed by atoms with van der Waals surface area (Å²) >= 11 is 0. The fourth-order valence-electron chi connectivity index (χ4n) is 3.51. The number of hydrogen-bond acceptors (Lipinski definition) is 2. The molecule has 0 aliphatic heterocycles. The summed E-state index contributed by atoms with van der Waals surface area (Å²) in [6.45, 7) is 5.56. The van der Waals surface area contributed by atoms with Crippen molar-refractivity contribution in [3.05, 3.63) is 36.1 Å². The molecule has 1 aromatic heterocycles. The molecule has 1 atom stereocenters. The van der Waals surface area contributed by atoms with E-state index in [0.29, 0.717) is 11.5 Å². The maximum atomic E-state index is 6.10. The quantitative estimate of drug-likeness (QED) is 0.861. The van der Waals surface area contributed by atoms with E-state index in [4.69, 9.17) is 4.42 Å². The van der Waals surface area contributed by atoms with E-state index in [-0.39, 0.29) is 0 Å². The SMILES string of the molecule is CCNC(c1cc2ccccc2o1)C1(C)CCCC1. The van der Waals surface area contributed by atoms with Crippen LogP contribution in [0.25, 0.3) is 11.0 Å². The van der Waals surface area contributed by atoms with Gasteiger partial charge in [0, 0.05) is 5.39 Å². The summed E-state index contributed by atoms with van der Waals surface area (Å²) in [7, 11) is 0. The topological polar surface area (TPSA) is 25.2 Å². The highest BCUT2D eigenvalue weighted by molar-refractivity contribution is 5.77. The summed E-state index contributed by atoms with van der Waals surface area (Å²) in [5.41, 5.74) is 1.34. The van der Waals surface area contributed by atoms with Gasteiger partial charge in [0.1, 0.15) is 11.3 Å². The van der Waals surface area contributed by atoms with Crippen LogP contribution >= 0.6 is 0 Å². The zero-order chi connectivity index (χ0) is 13.3. The Kier molecular flexibility index (Phi) is 3.36. The average Bonchev–Trinajstić information content (AvgIpc) is 3.02. The first kappa shape index (κ1) is 12.7. The van der Waals surface area contributed by atoms with Gasteiger partial charge in [0.25, 0.3) is 0 Å². The highest BCUT2D eigenvalue weighted by atomic mass is 16.3. The first-order valence-electron chi connectivity index (χ1n) is 7.45. The third-order valence-electron chi connectivity index (χ3n) is 4.58. The van der Waals surface area contributed by atoms with Crippen LogP contribution in [0.15, 0.2) is 34.7 Å². The lowest BCUT2D eigenvalue weighted by atomic mass is 9.79. The molecule has 1 saturated carbocycles. The van der Waals surface area contributed by atoms with E-state index in [2.05, 4.69) is 43.4 Å². The molecule has 19 heavy (non-hydrogen) atoms. The first-order chi connectivity index (χ1) is 9.23. The van der Waals surface area contributed by atoms with Crippen LogP contribution in [0.4, 0.5) is 0 Å². The van der Waals surface area contributed by atoms with Crippen LogP contribution in [0.2, 0.25) is 0 Å². The number of hydrogen-bond donors (Lipinski definition) is 1. The number of fused-ring (bicyclic) bond motifs is 1. The Hall–Kier alpha value is -1.28. The molecule has 0 bridgehead atoms. The van der Waals surface area contributed by atoms with Crippen LogP contribution in [0.3, 0.4) is 0 Å². The number of furan rings is 1. The first-order valence-corrected chi connectivity index (χ1v) is 7.45. The molecule has 2 aromatic rings. The average molecular weight is 257 g/mol. The van der Waals surface area contributed by atoms with E-state index in [1.165, 1.54) is 31.1 Å². The van der Waals surface area contributed by atoms with Gasteiger partial charge >= 0.3 is 0 Å². The minimum absolute atomic E-state index is 0.337. The highest BCUT2D eigenvalue weighted by Gasteiger charge is 2.39. The molecule has 2 heteroatoms. The molecule has 1 unspecified atom stereocenters. The normalized spacial score (nSPS) is 19.9. The smallest absolute Gasteiger partial charge is 0.134 e. The molecule has 1 N–H and O–H groups in total. The van der Waals surface area contributed by atoms with Gasteiger partial charge in [-0.1, -0.05) is 44.9 Å². The van der Waals surface area contributed by atoms with Gasteiger partial charge in [-0.2, -0.15) is 0 Å². The summed E-state index contributed by atoms with van der Waals surface area (Å²) in [5.74, 6) is 1.10. The van der Waals surface area contributed by atoms with Crippen molar-refractivity contribution in [2.45, 2.75) is 45.6 Å². The van der Waals surface area contributed by atoms with E-state index < -0.39 is 0 Å². The number of rotatable bonds is 4. The molecule has 0 spiro atoms. The second kappa shape index (κ2) is 5.01. The molecule has 0 saturated heterocycles. The minimum atomic E-state index is 0.337. The van der Waals surface area contributed by atoms with Gasteiger partial charge < -0.3 is 9.73 Å². The Morgan fingerprint density at radius 2 is 2.00 bits per heavy atom. The van der Waals surface area contributed by atoms with Crippen LogP contribution in [-0.2, 0) is 0 Å². The molecule has 1 fully saturated rings. The number of nitrogens with one attached hydrogen (secondary N) is 1. The summed E-state index contributed by atoms with van der Waals surface area (Å²) in [5, 5.41) is 4.86. The zero-order valence-corrected chi connectivity index (χ0v) is 11.9. The maximum Gasteiger partial charge on any atom is 0.134 e. The summed E-state index contributed by atoms with van der Waals surface area (Å²) in [4.78, 5) is 0. The minimum Gasteiger partial charge on any atom is -0.459 e. The molecule has 102 valence electrons. The van der Waals surface area contributed by atoms with Crippen molar-refractivity contribution in [2.75, 3.05) is 6.54 Å². The zero-order valence-electron chi connectivity index (χ0n) is 11.9. The Morgan fingerprint density at radius 1 is 1.26 bits per heavy atom. The van der Waals surface area contributed by atoms with Crippen molar-refractivity contribution < 1.29 is 4.42 Å². The van der Waals surface area contributed by atoms with Crippen molar-refractivity contribution in [1.29, 1.82) is 0 Å². The van der Waals surface area contributed by atoms with Gasteiger partial charge in [-0.05, 0) is 36.9 Å². The Balaban J connectivity index is 1.99. The Morgan fingerprint density at radius 3 is 2.68 bits per heavy atom. The second-order valence-corrected chi connectivity index (χ2v) is 6.04. The Labute approximate surface area is 115 Å². The van der Waals surface area contributed by atoms with Crippen LogP contribution in [-0.4, -0.2) is 6.54 Å². The van der Waals surface area contributed by atoms with Crippen molar-refractivity contribution in [3.8, 4) is 0 Å². The summed E-state index contributed by atoms with van der Waals surface area (Å²) in [6, 6.07) is 10.8. The van der Waals surface area contributed by atoms with Crippen LogP contribution in [0.1, 0.15) is 51.3 Å². The van der Waals surface area contributed by atoms with Crippen molar-refractivity contribution in [3.63, 3.8) is 0 Å². The van der Waals surface area contributed by atoms with Crippen LogP contribution < -0.4 is 5.32 Å². The number of benzene rings is 1. The molecule has 0 amide bonds. The van der Waals surface area contributed by atoms with Crippen molar-refractivity contribution in [2.24, 2.45) is 5.41 Å². The lowest BCUT2D eigenvalue weighted by Gasteiger charge is -2.33. The van der Waals surface area contributed by atoms with Gasteiger partial charge in [-0.25, -0.2) is 0 Å². The van der Waals surface area contributed by atoms with Gasteiger partial charge in [0.2, 0.25) is 0 Å². The fraction of sp³-hybridized carbons (Fsp3) is 0.529. The highest BCUT2D eigenvalue weighted by Crippen LogP contribution is 2.47. The molecular weight excluding hydrogens is 234 g/mol. The molecule has 1 aliphatic rings. The van der Waals surface area contributed by atoms with E-state index in [1.54, 1.807) is 0 Å². The van der Waals surface area contributed by atoms with Gasteiger partial charge in [0.15, 0.2) is 0 Å². The van der Waals surface area contributed by atoms with Gasteiger partial charge in [-0.15, -0.1) is 0 Å². The predicted octanol–water partition coefficient (Wildman–Crippen LogP) is 4.66. The van der Waals surface area contributed by atoms with Crippen LogP contribution in [0.5, 0.6) is 0 Å². The van der Waals surface area contributed by atoms with Crippen LogP contribution in [0, 0.1) is 5.41 Å². The Bertz CT molecular complexity index is 518. The largest absolute Gasteiger partial charge is 0.459 e. The van der Waals surface area contributed by atoms with Gasteiger partial charge in [0.05, 0.1) is 6.04 Å². The van der Waals surface area contributed by atoms with Crippen molar-refractivity contribution in [1.82, 2.24) is 5.32 Å². The fourth-order valence-corrected chi connectivity index (χ4v) is 3.51. The van der Waals surface area contributed by atoms with Gasteiger partial charge in [-0.3, -0.25) is 0 Å². The van der Waals surface area contributed by atoms with E-state index in [0.717, 1.165) is 17.9 Å². The molecule has 2 nitrogen and oxygen atoms in total. The lowest BCUT2D eigenvalue weighted by molar-refractivity contribution is 0.202. The number of para-hydroxylation sites is 1. The predicted molar refractivity (Wildman–Crippen MR) is 79.2 cm³/mol. The third-order valence-corrected chi connectivity index (χ3v) is 4.58. The van der Waals surface area contributed by atoms with E-state index in [9.17, 15) is 0 Å². The molecule has 3 rings (SSSR count). The van der Waals surface area contributed by atoms with E-state index >= 15 is 0 Å². The third kappa shape index (κ3) is 2.30. The lowest BCUT2D eigenvalue weighted by Crippen LogP contribution is -2.34. The molecule has 1 aliphatic carbocycles. The second-order valence-electron chi connectivity index (χ2n) is 6.04. The molecular formula is C17H23NO. The molecule has 1 aromatic carbocycles. The van der Waals surface area contributed by atoms with Crippen molar-refractivity contribution >= 4 is 11.0 Å². The standard InChI is InChI=1S/C17H23NO/c1-3-18-16(17(2)10-6-7-11-17)15-12-13-8-4-5-9-14(13)19-15/h4-5,8-9,12,16,18H,3,6-7,10-11H2,1-2H3. The molecule has 0 radical (unpaired) electrons. The summed E-state index contributed by atoms with van der Waals surface area (Å²) in [6.07, 6.45) is 5.28. The van der Waals surface area contributed by atoms with E-state index in [1.807, 2.05) is 6.07 Å².